The zero-order valence-electron chi connectivity index (χ0n) is 22.4. The number of nitrogen functional groups attached to an aromatic ring is 1. The van der Waals surface area contributed by atoms with E-state index in [1.54, 1.807) is 6.07 Å². The number of hydrogen-bond acceptors (Lipinski definition) is 6. The Labute approximate surface area is 222 Å². The number of aromatic nitrogens is 3. The van der Waals surface area contributed by atoms with Crippen LogP contribution in [0.2, 0.25) is 0 Å². The fourth-order valence-electron chi connectivity index (χ4n) is 5.12. The van der Waals surface area contributed by atoms with Crippen molar-refractivity contribution in [2.75, 3.05) is 5.73 Å². The van der Waals surface area contributed by atoms with Crippen LogP contribution in [0.1, 0.15) is 69.8 Å². The summed E-state index contributed by atoms with van der Waals surface area (Å²) < 4.78 is 2.07. The van der Waals surface area contributed by atoms with E-state index < -0.39 is 11.4 Å². The normalized spacial score (nSPS) is 12.5. The minimum Gasteiger partial charge on any atom is -0.508 e. The van der Waals surface area contributed by atoms with Crippen LogP contribution in [-0.4, -0.2) is 36.2 Å². The number of rotatable bonds is 9. The lowest BCUT2D eigenvalue weighted by Gasteiger charge is -2.28. The monoisotopic (exact) mass is 513 g/mol. The number of aromatic hydroxyl groups is 2. The Morgan fingerprint density at radius 3 is 2.68 bits per heavy atom. The molecule has 4 rings (SSSR count). The van der Waals surface area contributed by atoms with Gasteiger partial charge in [0.25, 0.3) is 5.91 Å². The summed E-state index contributed by atoms with van der Waals surface area (Å²) in [4.78, 5) is 21.3. The molecule has 0 aliphatic carbocycles. The predicted molar refractivity (Wildman–Crippen MR) is 151 cm³/mol. The number of hydrogen-bond donors (Lipinski definition) is 4. The van der Waals surface area contributed by atoms with Crippen LogP contribution in [-0.2, 0) is 17.8 Å². The Morgan fingerprint density at radius 1 is 1.21 bits per heavy atom. The number of pyridine rings is 1. The van der Waals surface area contributed by atoms with Gasteiger partial charge >= 0.3 is 0 Å². The molecule has 2 heterocycles. The van der Waals surface area contributed by atoms with E-state index in [9.17, 15) is 15.0 Å². The molecule has 38 heavy (non-hydrogen) atoms. The number of imidazole rings is 1. The SMILES string of the molecule is C#CC(=O)NC(C)(C)CC(C)c1ccc2c(c1)nc(N)c1nc(CCCC)n(Cc3cc(O)ccc3O)c12. The number of unbranched alkanes of at least 4 members (excludes halogenated alkanes) is 1. The van der Waals surface area contributed by atoms with Gasteiger partial charge in [-0.15, -0.1) is 6.42 Å². The first-order chi connectivity index (χ1) is 18.0. The van der Waals surface area contributed by atoms with Gasteiger partial charge in [0, 0.05) is 22.9 Å². The van der Waals surface area contributed by atoms with Gasteiger partial charge < -0.3 is 25.8 Å². The van der Waals surface area contributed by atoms with Gasteiger partial charge in [-0.2, -0.15) is 0 Å². The van der Waals surface area contributed by atoms with Crippen molar-refractivity contribution in [2.24, 2.45) is 0 Å². The number of terminal acetylenes is 1. The van der Waals surface area contributed by atoms with Crippen molar-refractivity contribution in [2.45, 2.75) is 71.4 Å². The highest BCUT2D eigenvalue weighted by Gasteiger charge is 2.24. The second-order valence-corrected chi connectivity index (χ2v) is 10.6. The summed E-state index contributed by atoms with van der Waals surface area (Å²) in [6.45, 7) is 8.46. The number of nitrogens with one attached hydrogen (secondary N) is 1. The number of carbonyl (C=O) groups is 1. The van der Waals surface area contributed by atoms with E-state index in [1.165, 1.54) is 12.1 Å². The molecule has 2 aromatic heterocycles. The van der Waals surface area contributed by atoms with E-state index >= 15 is 0 Å². The second-order valence-electron chi connectivity index (χ2n) is 10.6. The Morgan fingerprint density at radius 2 is 1.97 bits per heavy atom. The minimum atomic E-state index is -0.482. The summed E-state index contributed by atoms with van der Waals surface area (Å²) in [5, 5.41) is 24.3. The summed E-state index contributed by atoms with van der Waals surface area (Å²) in [5.74, 6) is 3.19. The fourth-order valence-corrected chi connectivity index (χ4v) is 5.12. The predicted octanol–water partition coefficient (Wildman–Crippen LogP) is 4.99. The van der Waals surface area contributed by atoms with Crippen LogP contribution in [0.25, 0.3) is 21.9 Å². The quantitative estimate of drug-likeness (QED) is 0.184. The average Bonchev–Trinajstić information content (AvgIpc) is 3.22. The standard InChI is InChI=1S/C30H35N5O3/c1-6-8-9-25-33-27-28(35(25)17-20-14-21(36)11-13-24(20)37)22-12-10-19(15-23(22)32-29(27)31)18(3)16-30(4,5)34-26(38)7-2/h2,10-15,18,36-37H,6,8-9,16-17H2,1,3-5H3,(H2,31,32)(H,34,38). The second kappa shape index (κ2) is 10.6. The molecule has 4 aromatic rings. The summed E-state index contributed by atoms with van der Waals surface area (Å²) in [6.07, 6.45) is 8.62. The maximum Gasteiger partial charge on any atom is 0.296 e. The van der Waals surface area contributed by atoms with E-state index in [0.717, 1.165) is 47.1 Å². The number of carbonyl (C=O) groups excluding carboxylic acids is 1. The third kappa shape index (κ3) is 5.52. The van der Waals surface area contributed by atoms with Crippen molar-refractivity contribution in [3.8, 4) is 23.8 Å². The zero-order valence-corrected chi connectivity index (χ0v) is 22.4. The zero-order chi connectivity index (χ0) is 27.6. The number of nitrogens with zero attached hydrogens (tertiary/aromatic N) is 3. The van der Waals surface area contributed by atoms with Crippen LogP contribution in [0, 0.1) is 12.3 Å². The lowest BCUT2D eigenvalue weighted by molar-refractivity contribution is -0.117. The van der Waals surface area contributed by atoms with Gasteiger partial charge in [0.15, 0.2) is 5.82 Å². The molecule has 0 saturated carbocycles. The Bertz CT molecular complexity index is 1550. The topological polar surface area (TPSA) is 126 Å². The van der Waals surface area contributed by atoms with E-state index in [-0.39, 0.29) is 17.4 Å². The van der Waals surface area contributed by atoms with Crippen LogP contribution >= 0.6 is 0 Å². The molecule has 8 nitrogen and oxygen atoms in total. The molecule has 2 aromatic carbocycles. The van der Waals surface area contributed by atoms with Crippen molar-refractivity contribution in [3.05, 3.63) is 53.3 Å². The Kier molecular flexibility index (Phi) is 7.49. The van der Waals surface area contributed by atoms with Crippen molar-refractivity contribution in [3.63, 3.8) is 0 Å². The van der Waals surface area contributed by atoms with Crippen LogP contribution < -0.4 is 11.1 Å². The van der Waals surface area contributed by atoms with E-state index in [4.69, 9.17) is 22.1 Å². The molecule has 0 aliphatic heterocycles. The Hall–Kier alpha value is -4.25. The molecule has 0 spiro atoms. The first kappa shape index (κ1) is 26.8. The summed E-state index contributed by atoms with van der Waals surface area (Å²) in [7, 11) is 0. The van der Waals surface area contributed by atoms with Gasteiger partial charge in [-0.25, -0.2) is 9.97 Å². The third-order valence-corrected chi connectivity index (χ3v) is 6.92. The fraction of sp³-hybridized carbons (Fsp3) is 0.367. The lowest BCUT2D eigenvalue weighted by Crippen LogP contribution is -2.43. The molecule has 0 bridgehead atoms. The smallest absolute Gasteiger partial charge is 0.296 e. The van der Waals surface area contributed by atoms with Crippen molar-refractivity contribution < 1.29 is 15.0 Å². The van der Waals surface area contributed by atoms with Crippen molar-refractivity contribution in [1.82, 2.24) is 19.9 Å². The number of anilines is 1. The third-order valence-electron chi connectivity index (χ3n) is 6.92. The average molecular weight is 514 g/mol. The molecule has 198 valence electrons. The maximum atomic E-state index is 11.7. The molecular formula is C30H35N5O3. The number of phenolic OH excluding ortho intramolecular Hbond substituents is 2. The van der Waals surface area contributed by atoms with Crippen LogP contribution in [0.3, 0.4) is 0 Å². The number of fused-ring (bicyclic) bond motifs is 3. The largest absolute Gasteiger partial charge is 0.508 e. The van der Waals surface area contributed by atoms with E-state index in [1.807, 2.05) is 26.0 Å². The van der Waals surface area contributed by atoms with Gasteiger partial charge in [-0.05, 0) is 68.4 Å². The minimum absolute atomic E-state index is 0.0864. The first-order valence-corrected chi connectivity index (χ1v) is 12.9. The van der Waals surface area contributed by atoms with Crippen molar-refractivity contribution >= 4 is 33.7 Å². The summed E-state index contributed by atoms with van der Waals surface area (Å²) >= 11 is 0. The molecule has 1 unspecified atom stereocenters. The molecule has 0 aliphatic rings. The van der Waals surface area contributed by atoms with Crippen molar-refractivity contribution in [1.29, 1.82) is 0 Å². The highest BCUT2D eigenvalue weighted by Crippen LogP contribution is 2.34. The molecule has 0 radical (unpaired) electrons. The van der Waals surface area contributed by atoms with Gasteiger partial charge in [0.2, 0.25) is 0 Å². The molecular weight excluding hydrogens is 478 g/mol. The number of benzene rings is 2. The lowest BCUT2D eigenvalue weighted by atomic mass is 9.86. The number of nitrogens with two attached hydrogens (primary N) is 1. The van der Waals surface area contributed by atoms with Gasteiger partial charge in [-0.1, -0.05) is 32.4 Å². The number of aryl methyl sites for hydroxylation is 1. The Balaban J connectivity index is 1.81. The molecule has 5 N–H and O–H groups in total. The van der Waals surface area contributed by atoms with Crippen LogP contribution in [0.4, 0.5) is 5.82 Å². The molecule has 0 fully saturated rings. The molecule has 8 heteroatoms. The van der Waals surface area contributed by atoms with E-state index in [0.29, 0.717) is 29.9 Å². The number of phenols is 2. The summed E-state index contributed by atoms with van der Waals surface area (Å²) in [5.41, 5.74) is 9.83. The maximum absolute atomic E-state index is 11.7. The molecule has 1 atom stereocenters. The molecule has 0 saturated heterocycles. The number of amides is 1. The first-order valence-electron chi connectivity index (χ1n) is 12.9. The van der Waals surface area contributed by atoms with E-state index in [2.05, 4.69) is 35.7 Å². The van der Waals surface area contributed by atoms with Gasteiger partial charge in [0.05, 0.1) is 17.6 Å². The highest BCUT2D eigenvalue weighted by molar-refractivity contribution is 6.06. The van der Waals surface area contributed by atoms with Gasteiger partial charge in [0.1, 0.15) is 22.8 Å². The highest BCUT2D eigenvalue weighted by atomic mass is 16.3. The summed E-state index contributed by atoms with van der Waals surface area (Å²) in [6, 6.07) is 10.7. The van der Waals surface area contributed by atoms with Crippen LogP contribution in [0.15, 0.2) is 36.4 Å². The molecule has 1 amide bonds. The van der Waals surface area contributed by atoms with Crippen LogP contribution in [0.5, 0.6) is 11.5 Å². The van der Waals surface area contributed by atoms with Gasteiger partial charge in [-0.3, -0.25) is 4.79 Å².